The van der Waals surface area contributed by atoms with Gasteiger partial charge in [0.05, 0.1) is 5.75 Å². The average molecular weight is 384 g/mol. The summed E-state index contributed by atoms with van der Waals surface area (Å²) in [6.07, 6.45) is 0.793. The normalized spacial score (nSPS) is 19.2. The largest absolute Gasteiger partial charge is 0.343 e. The fraction of sp³-hybridized carbons (Fsp3) is 0.750. The molecule has 10 heteroatoms. The molecule has 6 nitrogen and oxygen atoms in total. The zero-order chi connectivity index (χ0) is 16.3. The first kappa shape index (κ1) is 18.0. The first-order chi connectivity index (χ1) is 10.4. The Morgan fingerprint density at radius 3 is 2.41 bits per heavy atom. The molecule has 2 rings (SSSR count). The Balaban J connectivity index is 1.84. The SMILES string of the molecule is CCN(CC)C(=O)CSc1nnc(SCC2CC2(Cl)Cl)n1N. The second-order valence-electron chi connectivity index (χ2n) is 4.96. The first-order valence-corrected chi connectivity index (χ1v) is 9.73. The molecule has 1 saturated carbocycles. The Labute approximate surface area is 148 Å². The molecule has 22 heavy (non-hydrogen) atoms. The van der Waals surface area contributed by atoms with E-state index in [-0.39, 0.29) is 11.8 Å². The van der Waals surface area contributed by atoms with E-state index in [1.165, 1.54) is 28.2 Å². The van der Waals surface area contributed by atoms with Crippen molar-refractivity contribution in [3.63, 3.8) is 0 Å². The summed E-state index contributed by atoms with van der Waals surface area (Å²) in [6, 6.07) is 0. The Morgan fingerprint density at radius 2 is 1.91 bits per heavy atom. The van der Waals surface area contributed by atoms with E-state index in [2.05, 4.69) is 10.2 Å². The molecule has 1 unspecified atom stereocenters. The molecule has 1 aromatic heterocycles. The van der Waals surface area contributed by atoms with Gasteiger partial charge < -0.3 is 10.7 Å². The number of alkyl halides is 2. The molecule has 0 bridgehead atoms. The van der Waals surface area contributed by atoms with Crippen molar-refractivity contribution < 1.29 is 4.79 Å². The van der Waals surface area contributed by atoms with Gasteiger partial charge in [-0.2, -0.15) is 0 Å². The predicted molar refractivity (Wildman–Crippen MR) is 92.1 cm³/mol. The van der Waals surface area contributed by atoms with Crippen LogP contribution in [0, 0.1) is 5.92 Å². The topological polar surface area (TPSA) is 77.0 Å². The van der Waals surface area contributed by atoms with Gasteiger partial charge in [-0.1, -0.05) is 23.5 Å². The van der Waals surface area contributed by atoms with Crippen LogP contribution in [0.4, 0.5) is 0 Å². The Hall–Kier alpha value is -0.310. The molecule has 0 saturated heterocycles. The molecule has 1 aliphatic rings. The molecule has 0 aromatic carbocycles. The minimum Gasteiger partial charge on any atom is -0.343 e. The van der Waals surface area contributed by atoms with Crippen LogP contribution in [0.2, 0.25) is 0 Å². The molecule has 1 aliphatic carbocycles. The second kappa shape index (κ2) is 7.51. The molecule has 1 heterocycles. The van der Waals surface area contributed by atoms with Gasteiger partial charge in [-0.05, 0) is 20.3 Å². The standard InChI is InChI=1S/C12H19Cl2N5OS2/c1-3-18(4-2)9(20)7-22-11-17-16-10(19(11)15)21-6-8-5-12(8,13)14/h8H,3-7,15H2,1-2H3. The lowest BCUT2D eigenvalue weighted by Gasteiger charge is -2.17. The number of amides is 1. The smallest absolute Gasteiger partial charge is 0.233 e. The molecule has 124 valence electrons. The van der Waals surface area contributed by atoms with E-state index in [1.54, 1.807) is 4.90 Å². The molecule has 1 amide bonds. The summed E-state index contributed by atoms with van der Waals surface area (Å²) in [5.41, 5.74) is 0. The van der Waals surface area contributed by atoms with Gasteiger partial charge in [0.2, 0.25) is 16.2 Å². The van der Waals surface area contributed by atoms with Crippen LogP contribution in [-0.4, -0.2) is 54.6 Å². The fourth-order valence-corrected chi connectivity index (χ4v) is 4.48. The predicted octanol–water partition coefficient (Wildman–Crippen LogP) is 2.24. The van der Waals surface area contributed by atoms with E-state index in [4.69, 9.17) is 29.0 Å². The molecule has 1 fully saturated rings. The van der Waals surface area contributed by atoms with Crippen molar-refractivity contribution in [1.82, 2.24) is 19.8 Å². The van der Waals surface area contributed by atoms with E-state index in [9.17, 15) is 4.79 Å². The van der Waals surface area contributed by atoms with Gasteiger partial charge in [0.1, 0.15) is 4.33 Å². The number of hydrogen-bond acceptors (Lipinski definition) is 6. The summed E-state index contributed by atoms with van der Waals surface area (Å²) in [7, 11) is 0. The monoisotopic (exact) mass is 383 g/mol. The number of halogens is 2. The number of nitrogens with two attached hydrogens (primary N) is 1. The number of nitrogen functional groups attached to an aromatic ring is 1. The molecule has 2 N–H and O–H groups in total. The number of carbonyl (C=O) groups is 1. The number of aromatic nitrogens is 3. The highest BCUT2D eigenvalue weighted by Crippen LogP contribution is 2.54. The summed E-state index contributed by atoms with van der Waals surface area (Å²) in [5.74, 6) is 7.35. The van der Waals surface area contributed by atoms with Crippen molar-refractivity contribution >= 4 is 52.6 Å². The van der Waals surface area contributed by atoms with Crippen LogP contribution in [0.25, 0.3) is 0 Å². The number of thioether (sulfide) groups is 2. The van der Waals surface area contributed by atoms with Gasteiger partial charge in [0.15, 0.2) is 0 Å². The van der Waals surface area contributed by atoms with Crippen molar-refractivity contribution in [3.05, 3.63) is 0 Å². The lowest BCUT2D eigenvalue weighted by atomic mass is 10.5. The molecule has 1 atom stereocenters. The number of hydrogen-bond donors (Lipinski definition) is 1. The average Bonchev–Trinajstić information content (AvgIpc) is 2.94. The van der Waals surface area contributed by atoms with Gasteiger partial charge in [-0.15, -0.1) is 33.4 Å². The zero-order valence-corrected chi connectivity index (χ0v) is 15.6. The van der Waals surface area contributed by atoms with E-state index >= 15 is 0 Å². The van der Waals surface area contributed by atoms with Crippen LogP contribution in [0.5, 0.6) is 0 Å². The summed E-state index contributed by atoms with van der Waals surface area (Å²) in [5, 5.41) is 9.21. The van der Waals surface area contributed by atoms with Crippen LogP contribution < -0.4 is 5.84 Å². The van der Waals surface area contributed by atoms with Crippen molar-refractivity contribution in [2.24, 2.45) is 5.92 Å². The number of rotatable bonds is 8. The molecule has 0 spiro atoms. The van der Waals surface area contributed by atoms with E-state index < -0.39 is 4.33 Å². The molecule has 0 radical (unpaired) electrons. The number of carbonyl (C=O) groups excluding carboxylic acids is 1. The first-order valence-electron chi connectivity index (χ1n) is 7.00. The van der Waals surface area contributed by atoms with Crippen LogP contribution in [0.1, 0.15) is 20.3 Å². The van der Waals surface area contributed by atoms with Gasteiger partial charge in [0.25, 0.3) is 0 Å². The van der Waals surface area contributed by atoms with Crippen LogP contribution in [0.3, 0.4) is 0 Å². The highest BCUT2D eigenvalue weighted by molar-refractivity contribution is 8.00. The van der Waals surface area contributed by atoms with Crippen molar-refractivity contribution in [2.45, 2.75) is 34.9 Å². The Kier molecular flexibility index (Phi) is 6.15. The third kappa shape index (κ3) is 4.37. The maximum atomic E-state index is 12.0. The third-order valence-electron chi connectivity index (χ3n) is 3.44. The van der Waals surface area contributed by atoms with Gasteiger partial charge in [0, 0.05) is 24.8 Å². The lowest BCUT2D eigenvalue weighted by molar-refractivity contribution is -0.127. The molecular weight excluding hydrogens is 365 g/mol. The van der Waals surface area contributed by atoms with Crippen LogP contribution in [0.15, 0.2) is 10.3 Å². The van der Waals surface area contributed by atoms with E-state index in [0.29, 0.717) is 29.2 Å². The van der Waals surface area contributed by atoms with Crippen molar-refractivity contribution in [2.75, 3.05) is 30.4 Å². The summed E-state index contributed by atoms with van der Waals surface area (Å²) in [4.78, 5) is 13.7. The van der Waals surface area contributed by atoms with Gasteiger partial charge in [-0.3, -0.25) is 4.79 Å². The van der Waals surface area contributed by atoms with E-state index in [0.717, 1.165) is 12.2 Å². The Morgan fingerprint density at radius 1 is 1.36 bits per heavy atom. The number of nitrogens with zero attached hydrogens (tertiary/aromatic N) is 4. The van der Waals surface area contributed by atoms with Crippen LogP contribution >= 0.6 is 46.7 Å². The van der Waals surface area contributed by atoms with Gasteiger partial charge in [-0.25, -0.2) is 4.68 Å². The highest BCUT2D eigenvalue weighted by Gasteiger charge is 2.51. The Bertz CT molecular complexity index is 536. The maximum Gasteiger partial charge on any atom is 0.233 e. The molecular formula is C12H19Cl2N5OS2. The molecule has 1 aromatic rings. The maximum absolute atomic E-state index is 12.0. The molecule has 0 aliphatic heterocycles. The minimum atomic E-state index is -0.597. The summed E-state index contributed by atoms with van der Waals surface area (Å²) >= 11 is 14.8. The zero-order valence-electron chi connectivity index (χ0n) is 12.5. The minimum absolute atomic E-state index is 0.0687. The van der Waals surface area contributed by atoms with Crippen molar-refractivity contribution in [3.8, 4) is 0 Å². The third-order valence-corrected chi connectivity index (χ3v) is 6.40. The quantitative estimate of drug-likeness (QED) is 0.421. The lowest BCUT2D eigenvalue weighted by Crippen LogP contribution is -2.32. The summed E-state index contributed by atoms with van der Waals surface area (Å²) in [6.45, 7) is 5.31. The van der Waals surface area contributed by atoms with Gasteiger partial charge >= 0.3 is 0 Å². The van der Waals surface area contributed by atoms with Crippen molar-refractivity contribution in [1.29, 1.82) is 0 Å². The fourth-order valence-electron chi connectivity index (χ4n) is 1.88. The highest BCUT2D eigenvalue weighted by atomic mass is 35.5. The van der Waals surface area contributed by atoms with E-state index in [1.807, 2.05) is 13.8 Å². The van der Waals surface area contributed by atoms with Crippen LogP contribution in [-0.2, 0) is 4.79 Å². The second-order valence-corrected chi connectivity index (χ2v) is 8.43. The summed E-state index contributed by atoms with van der Waals surface area (Å²) < 4.78 is 0.817.